The number of aromatic nitrogens is 1. The highest BCUT2D eigenvalue weighted by Gasteiger charge is 2.08. The van der Waals surface area contributed by atoms with Crippen molar-refractivity contribution in [1.29, 1.82) is 0 Å². The molecule has 1 heterocycles. The van der Waals surface area contributed by atoms with Gasteiger partial charge in [-0.15, -0.1) is 11.3 Å². The van der Waals surface area contributed by atoms with Crippen LogP contribution in [0.3, 0.4) is 0 Å². The predicted octanol–water partition coefficient (Wildman–Crippen LogP) is 3.14. The lowest BCUT2D eigenvalue weighted by molar-refractivity contribution is 0.102. The van der Waals surface area contributed by atoms with Gasteiger partial charge < -0.3 is 0 Å². The van der Waals surface area contributed by atoms with Gasteiger partial charge in [0.25, 0.3) is 5.91 Å². The molecule has 0 aliphatic heterocycles. The molecular formula is C13H13N2OS. The summed E-state index contributed by atoms with van der Waals surface area (Å²) in [7, 11) is 0. The van der Waals surface area contributed by atoms with E-state index in [1.54, 1.807) is 18.3 Å². The number of hydrogen-bond donors (Lipinski definition) is 1. The van der Waals surface area contributed by atoms with Crippen LogP contribution in [0.2, 0.25) is 0 Å². The Morgan fingerprint density at radius 3 is 3.00 bits per heavy atom. The zero-order chi connectivity index (χ0) is 12.3. The number of nitrogens with one attached hydrogen (secondary N) is 1. The van der Waals surface area contributed by atoms with Crippen molar-refractivity contribution in [3.8, 4) is 0 Å². The molecule has 1 radical (unpaired) electrons. The lowest BCUT2D eigenvalue weighted by Crippen LogP contribution is -2.11. The summed E-state index contributed by atoms with van der Waals surface area (Å²) in [4.78, 5) is 17.2. The number of amides is 1. The van der Waals surface area contributed by atoms with Gasteiger partial charge in [0.15, 0.2) is 5.13 Å². The number of anilines is 1. The number of carbonyl (C=O) groups is 1. The van der Waals surface area contributed by atoms with Crippen LogP contribution in [0.25, 0.3) is 0 Å². The first-order valence-electron chi connectivity index (χ1n) is 5.37. The molecule has 0 bridgehead atoms. The fraction of sp³-hybridized carbons (Fsp3) is 0.154. The van der Waals surface area contributed by atoms with Crippen LogP contribution >= 0.6 is 11.3 Å². The van der Waals surface area contributed by atoms with Gasteiger partial charge in [-0.25, -0.2) is 4.98 Å². The molecular weight excluding hydrogens is 232 g/mol. The zero-order valence-electron chi connectivity index (χ0n) is 9.56. The van der Waals surface area contributed by atoms with E-state index in [-0.39, 0.29) is 5.91 Å². The quantitative estimate of drug-likeness (QED) is 0.902. The Morgan fingerprint density at radius 2 is 2.35 bits per heavy atom. The summed E-state index contributed by atoms with van der Waals surface area (Å²) in [5.74, 6) is -0.146. The van der Waals surface area contributed by atoms with Gasteiger partial charge in [-0.1, -0.05) is 19.1 Å². The minimum Gasteiger partial charge on any atom is -0.298 e. The van der Waals surface area contributed by atoms with Crippen LogP contribution in [0.4, 0.5) is 5.13 Å². The molecule has 2 aromatic rings. The van der Waals surface area contributed by atoms with E-state index in [0.29, 0.717) is 10.7 Å². The van der Waals surface area contributed by atoms with E-state index in [4.69, 9.17) is 0 Å². The summed E-state index contributed by atoms with van der Waals surface area (Å²) < 4.78 is 0. The minimum atomic E-state index is -0.146. The van der Waals surface area contributed by atoms with Crippen molar-refractivity contribution in [3.63, 3.8) is 0 Å². The second-order valence-corrected chi connectivity index (χ2v) is 4.75. The van der Waals surface area contributed by atoms with Crippen LogP contribution in [-0.2, 0) is 6.42 Å². The molecule has 0 spiro atoms. The van der Waals surface area contributed by atoms with Gasteiger partial charge >= 0.3 is 0 Å². The fourth-order valence-electron chi connectivity index (χ4n) is 1.41. The lowest BCUT2D eigenvalue weighted by atomic mass is 10.1. The predicted molar refractivity (Wildman–Crippen MR) is 70.3 cm³/mol. The van der Waals surface area contributed by atoms with Crippen LogP contribution in [0.15, 0.2) is 30.5 Å². The van der Waals surface area contributed by atoms with Gasteiger partial charge in [-0.2, -0.15) is 0 Å². The van der Waals surface area contributed by atoms with E-state index < -0.39 is 0 Å². The van der Waals surface area contributed by atoms with Gasteiger partial charge in [0.2, 0.25) is 0 Å². The van der Waals surface area contributed by atoms with Gasteiger partial charge in [0.05, 0.1) is 0 Å². The van der Waals surface area contributed by atoms with Crippen LogP contribution in [0.1, 0.15) is 27.7 Å². The zero-order valence-corrected chi connectivity index (χ0v) is 10.4. The second kappa shape index (κ2) is 5.10. The summed E-state index contributed by atoms with van der Waals surface area (Å²) >= 11 is 1.50. The molecule has 0 unspecified atom stereocenters. The maximum absolute atomic E-state index is 11.9. The van der Waals surface area contributed by atoms with E-state index in [1.807, 2.05) is 12.1 Å². The minimum absolute atomic E-state index is 0.146. The van der Waals surface area contributed by atoms with Gasteiger partial charge in [0.1, 0.15) is 0 Å². The van der Waals surface area contributed by atoms with Crippen LogP contribution in [0, 0.1) is 6.92 Å². The van der Waals surface area contributed by atoms with Crippen molar-refractivity contribution in [3.05, 3.63) is 53.4 Å². The van der Waals surface area contributed by atoms with E-state index in [1.165, 1.54) is 11.3 Å². The molecule has 2 rings (SSSR count). The monoisotopic (exact) mass is 245 g/mol. The maximum Gasteiger partial charge on any atom is 0.257 e. The molecule has 4 heteroatoms. The summed E-state index contributed by atoms with van der Waals surface area (Å²) in [6, 6.07) is 7.19. The molecule has 3 nitrogen and oxygen atoms in total. The summed E-state index contributed by atoms with van der Waals surface area (Å²) in [5, 5.41) is 3.42. The topological polar surface area (TPSA) is 42.0 Å². The fourth-order valence-corrected chi connectivity index (χ4v) is 2.16. The lowest BCUT2D eigenvalue weighted by Gasteiger charge is -2.02. The third kappa shape index (κ3) is 2.91. The van der Waals surface area contributed by atoms with Crippen LogP contribution in [0.5, 0.6) is 0 Å². The van der Waals surface area contributed by atoms with Crippen molar-refractivity contribution in [1.82, 2.24) is 4.98 Å². The van der Waals surface area contributed by atoms with E-state index >= 15 is 0 Å². The summed E-state index contributed by atoms with van der Waals surface area (Å²) in [6.07, 6.45) is 2.72. The average molecular weight is 245 g/mol. The molecule has 0 fully saturated rings. The highest BCUT2D eigenvalue weighted by Crippen LogP contribution is 2.19. The Bertz CT molecular complexity index is 534. The van der Waals surface area contributed by atoms with Gasteiger partial charge in [0, 0.05) is 16.6 Å². The number of rotatable bonds is 3. The van der Waals surface area contributed by atoms with Crippen molar-refractivity contribution in [2.45, 2.75) is 13.3 Å². The van der Waals surface area contributed by atoms with Crippen molar-refractivity contribution < 1.29 is 4.79 Å². The first kappa shape index (κ1) is 11.8. The molecule has 17 heavy (non-hydrogen) atoms. The molecule has 1 amide bonds. The smallest absolute Gasteiger partial charge is 0.257 e. The molecule has 0 saturated heterocycles. The molecule has 1 aromatic heterocycles. The maximum atomic E-state index is 11.9. The molecule has 0 aliphatic carbocycles. The van der Waals surface area contributed by atoms with Gasteiger partial charge in [-0.05, 0) is 31.0 Å². The number of carbonyl (C=O) groups excluding carboxylic acids is 1. The number of aryl methyl sites for hydroxylation is 1. The summed E-state index contributed by atoms with van der Waals surface area (Å²) in [5.41, 5.74) is 1.43. The second-order valence-electron chi connectivity index (χ2n) is 3.64. The Balaban J connectivity index is 2.11. The van der Waals surface area contributed by atoms with Gasteiger partial charge in [-0.3, -0.25) is 10.1 Å². The molecule has 0 saturated carbocycles. The Hall–Kier alpha value is -1.68. The normalized spacial score (nSPS) is 10.2. The summed E-state index contributed by atoms with van der Waals surface area (Å²) in [6.45, 7) is 5.86. The molecule has 1 aromatic carbocycles. The number of nitrogens with zero attached hydrogens (tertiary/aromatic N) is 1. The molecule has 0 atom stereocenters. The Labute approximate surface area is 105 Å². The third-order valence-corrected chi connectivity index (χ3v) is 3.37. The number of hydrogen-bond acceptors (Lipinski definition) is 3. The van der Waals surface area contributed by atoms with E-state index in [0.717, 1.165) is 16.9 Å². The highest BCUT2D eigenvalue weighted by molar-refractivity contribution is 7.15. The SMILES string of the molecule is [CH2]c1cccc(C(=O)Nc2ncc(CC)s2)c1. The number of thiazole rings is 1. The van der Waals surface area contributed by atoms with Crippen molar-refractivity contribution in [2.75, 3.05) is 5.32 Å². The molecule has 0 aliphatic rings. The number of benzene rings is 1. The Morgan fingerprint density at radius 1 is 1.53 bits per heavy atom. The van der Waals surface area contributed by atoms with Crippen molar-refractivity contribution >= 4 is 22.4 Å². The Kier molecular flexibility index (Phi) is 3.54. The average Bonchev–Trinajstić information content (AvgIpc) is 2.77. The molecule has 87 valence electrons. The first-order valence-corrected chi connectivity index (χ1v) is 6.18. The largest absolute Gasteiger partial charge is 0.298 e. The van der Waals surface area contributed by atoms with Crippen LogP contribution < -0.4 is 5.32 Å². The third-order valence-electron chi connectivity index (χ3n) is 2.31. The standard InChI is InChI=1S/C13H13N2OS/c1-3-11-8-14-13(17-11)15-12(16)10-6-4-5-9(2)7-10/h4-8H,2-3H2,1H3,(H,14,15,16). The molecule has 1 N–H and O–H groups in total. The first-order chi connectivity index (χ1) is 8.19. The van der Waals surface area contributed by atoms with E-state index in [9.17, 15) is 4.79 Å². The van der Waals surface area contributed by atoms with Crippen LogP contribution in [-0.4, -0.2) is 10.9 Å². The van der Waals surface area contributed by atoms with E-state index in [2.05, 4.69) is 24.1 Å². The highest BCUT2D eigenvalue weighted by atomic mass is 32.1. The van der Waals surface area contributed by atoms with Crippen molar-refractivity contribution in [2.24, 2.45) is 0 Å².